The first-order valence-electron chi connectivity index (χ1n) is 10.0. The van der Waals surface area contributed by atoms with Gasteiger partial charge in [0.25, 0.3) is 5.91 Å². The third-order valence-electron chi connectivity index (χ3n) is 5.11. The van der Waals surface area contributed by atoms with E-state index in [0.717, 1.165) is 16.5 Å². The summed E-state index contributed by atoms with van der Waals surface area (Å²) in [6.45, 7) is 0.344. The molecule has 4 aromatic rings. The van der Waals surface area contributed by atoms with Gasteiger partial charge in [-0.15, -0.1) is 0 Å². The number of hydrogen-bond donors (Lipinski definition) is 2. The Hall–Kier alpha value is -3.46. The molecule has 10 heteroatoms. The lowest BCUT2D eigenvalue weighted by Crippen LogP contribution is -2.19. The maximum Gasteiger partial charge on any atom is 0.371 e. The fourth-order valence-corrected chi connectivity index (χ4v) is 4.74. The fraction of sp³-hybridized carbons (Fsp3) is 0.0417. The number of amidine groups is 1. The van der Waals surface area contributed by atoms with Crippen LogP contribution in [0.25, 0.3) is 17.0 Å². The molecule has 170 valence electrons. The molecule has 1 aliphatic heterocycles. The lowest BCUT2D eigenvalue weighted by molar-refractivity contribution is -0.115. The van der Waals surface area contributed by atoms with Gasteiger partial charge in [-0.2, -0.15) is 0 Å². The maximum absolute atomic E-state index is 12.6. The van der Waals surface area contributed by atoms with Crippen molar-refractivity contribution < 1.29 is 19.1 Å². The Morgan fingerprint density at radius 1 is 1.15 bits per heavy atom. The number of aliphatic imine (C=N–C) groups is 1. The predicted octanol–water partition coefficient (Wildman–Crippen LogP) is 6.18. The number of furan rings is 1. The van der Waals surface area contributed by atoms with Crippen LogP contribution in [0.4, 0.5) is 5.69 Å². The molecule has 0 unspecified atom stereocenters. The molecule has 1 fully saturated rings. The van der Waals surface area contributed by atoms with Crippen LogP contribution >= 0.6 is 35.0 Å². The Kier molecular flexibility index (Phi) is 5.95. The Labute approximate surface area is 207 Å². The minimum absolute atomic E-state index is 0.112. The summed E-state index contributed by atoms with van der Waals surface area (Å²) in [6, 6.07) is 15.9. The number of carboxylic acid groups (broad SMARTS) is 1. The number of aromatic carboxylic acids is 1. The van der Waals surface area contributed by atoms with Gasteiger partial charge in [-0.3, -0.25) is 4.79 Å². The zero-order valence-electron chi connectivity index (χ0n) is 17.3. The monoisotopic (exact) mass is 511 g/mol. The van der Waals surface area contributed by atoms with Crippen LogP contribution in [0, 0.1) is 0 Å². The van der Waals surface area contributed by atoms with E-state index in [2.05, 4.69) is 10.3 Å². The smallest absolute Gasteiger partial charge is 0.371 e. The Morgan fingerprint density at radius 2 is 1.97 bits per heavy atom. The Morgan fingerprint density at radius 3 is 2.76 bits per heavy atom. The first-order chi connectivity index (χ1) is 16.4. The lowest BCUT2D eigenvalue weighted by Gasteiger charge is -2.02. The van der Waals surface area contributed by atoms with Crippen molar-refractivity contribution in [3.8, 4) is 0 Å². The van der Waals surface area contributed by atoms with E-state index in [4.69, 9.17) is 32.7 Å². The summed E-state index contributed by atoms with van der Waals surface area (Å²) in [5.41, 5.74) is 2.22. The van der Waals surface area contributed by atoms with Crippen molar-refractivity contribution in [2.45, 2.75) is 6.54 Å². The van der Waals surface area contributed by atoms with E-state index in [9.17, 15) is 9.59 Å². The van der Waals surface area contributed by atoms with Crippen LogP contribution in [-0.2, 0) is 11.3 Å². The van der Waals surface area contributed by atoms with Gasteiger partial charge in [-0.05, 0) is 48.2 Å². The molecule has 0 atom stereocenters. The van der Waals surface area contributed by atoms with E-state index in [1.54, 1.807) is 30.3 Å². The minimum Gasteiger partial charge on any atom is -0.475 e. The molecule has 0 aliphatic carbocycles. The molecule has 2 aromatic heterocycles. The third kappa shape index (κ3) is 4.35. The van der Waals surface area contributed by atoms with Gasteiger partial charge < -0.3 is 19.4 Å². The number of rotatable bonds is 5. The van der Waals surface area contributed by atoms with E-state index in [1.807, 2.05) is 35.0 Å². The number of amides is 1. The lowest BCUT2D eigenvalue weighted by atomic mass is 10.1. The number of thioether (sulfide) groups is 1. The second-order valence-corrected chi connectivity index (χ2v) is 9.17. The molecule has 0 bridgehead atoms. The number of nitrogens with zero attached hydrogens (tertiary/aromatic N) is 2. The minimum atomic E-state index is -1.12. The number of halogens is 2. The molecular formula is C24H15Cl2N3O4S. The standard InChI is InChI=1S/C24H15Cl2N3O4S/c25-16-5-3-6-17(21(16)26)27-24-28-22(30)20(34-24)10-13-11-29(18-7-2-1-4-15(13)18)12-14-8-9-19(33-14)23(31)32/h1-11H,12H2,(H,31,32)(H,27,28,30)/b20-10-. The zero-order chi connectivity index (χ0) is 23.8. The van der Waals surface area contributed by atoms with Crippen LogP contribution in [0.1, 0.15) is 21.9 Å². The number of nitrogens with one attached hydrogen (secondary N) is 1. The molecule has 0 radical (unpaired) electrons. The van der Waals surface area contributed by atoms with Crippen molar-refractivity contribution in [2.24, 2.45) is 4.99 Å². The molecule has 1 saturated heterocycles. The average Bonchev–Trinajstić information content (AvgIpc) is 3.51. The summed E-state index contributed by atoms with van der Waals surface area (Å²) in [6.07, 6.45) is 3.70. The zero-order valence-corrected chi connectivity index (χ0v) is 19.6. The van der Waals surface area contributed by atoms with Crippen molar-refractivity contribution in [3.63, 3.8) is 0 Å². The molecule has 7 nitrogen and oxygen atoms in total. The van der Waals surface area contributed by atoms with Gasteiger partial charge in [0.2, 0.25) is 5.76 Å². The van der Waals surface area contributed by atoms with Crippen LogP contribution in [0.2, 0.25) is 10.0 Å². The van der Waals surface area contributed by atoms with Gasteiger partial charge in [0.05, 0.1) is 27.2 Å². The highest BCUT2D eigenvalue weighted by atomic mass is 35.5. The summed E-state index contributed by atoms with van der Waals surface area (Å²) < 4.78 is 7.36. The molecule has 2 N–H and O–H groups in total. The summed E-state index contributed by atoms with van der Waals surface area (Å²) in [7, 11) is 0. The van der Waals surface area contributed by atoms with Crippen LogP contribution in [0.3, 0.4) is 0 Å². The molecule has 0 saturated carbocycles. The molecule has 1 aliphatic rings. The van der Waals surface area contributed by atoms with Crippen LogP contribution in [-0.4, -0.2) is 26.7 Å². The van der Waals surface area contributed by atoms with Crippen molar-refractivity contribution in [2.75, 3.05) is 0 Å². The highest BCUT2D eigenvalue weighted by Crippen LogP contribution is 2.35. The van der Waals surface area contributed by atoms with Crippen LogP contribution in [0.5, 0.6) is 0 Å². The van der Waals surface area contributed by atoms with Crippen molar-refractivity contribution >= 4 is 74.7 Å². The first kappa shape index (κ1) is 22.3. The molecule has 34 heavy (non-hydrogen) atoms. The van der Waals surface area contributed by atoms with Crippen molar-refractivity contribution in [1.82, 2.24) is 9.88 Å². The van der Waals surface area contributed by atoms with E-state index in [-0.39, 0.29) is 11.7 Å². The normalized spacial score (nSPS) is 16.0. The maximum atomic E-state index is 12.6. The van der Waals surface area contributed by atoms with Gasteiger partial charge in [0.15, 0.2) is 5.17 Å². The molecule has 3 heterocycles. The van der Waals surface area contributed by atoms with Crippen molar-refractivity contribution in [1.29, 1.82) is 0 Å². The van der Waals surface area contributed by atoms with E-state index in [1.165, 1.54) is 17.8 Å². The van der Waals surface area contributed by atoms with Gasteiger partial charge in [0, 0.05) is 22.7 Å². The second-order valence-electron chi connectivity index (χ2n) is 7.36. The number of carbonyl (C=O) groups excluding carboxylic acids is 1. The van der Waals surface area contributed by atoms with Gasteiger partial charge in [-0.1, -0.05) is 47.5 Å². The van der Waals surface area contributed by atoms with E-state index >= 15 is 0 Å². The number of aromatic nitrogens is 1. The first-order valence-corrected chi connectivity index (χ1v) is 11.6. The van der Waals surface area contributed by atoms with Gasteiger partial charge in [-0.25, -0.2) is 9.79 Å². The molecule has 0 spiro atoms. The highest BCUT2D eigenvalue weighted by Gasteiger charge is 2.25. The van der Waals surface area contributed by atoms with Crippen LogP contribution in [0.15, 0.2) is 75.1 Å². The second kappa shape index (κ2) is 9.06. The quantitative estimate of drug-likeness (QED) is 0.312. The summed E-state index contributed by atoms with van der Waals surface area (Å²) in [5, 5.41) is 13.9. The number of carbonyl (C=O) groups is 2. The Bertz CT molecular complexity index is 1520. The van der Waals surface area contributed by atoms with Crippen molar-refractivity contribution in [3.05, 3.63) is 92.8 Å². The molecule has 1 amide bonds. The van der Waals surface area contributed by atoms with Gasteiger partial charge >= 0.3 is 5.97 Å². The molecule has 2 aromatic carbocycles. The molecule has 5 rings (SSSR count). The summed E-state index contributed by atoms with van der Waals surface area (Å²) in [4.78, 5) is 28.6. The summed E-state index contributed by atoms with van der Waals surface area (Å²) >= 11 is 13.5. The Balaban J connectivity index is 1.47. The predicted molar refractivity (Wildman–Crippen MR) is 134 cm³/mol. The van der Waals surface area contributed by atoms with E-state index in [0.29, 0.717) is 38.1 Å². The third-order valence-corrected chi connectivity index (χ3v) is 6.83. The van der Waals surface area contributed by atoms with E-state index < -0.39 is 5.97 Å². The number of para-hydroxylation sites is 1. The van der Waals surface area contributed by atoms with Gasteiger partial charge in [0.1, 0.15) is 5.76 Å². The average molecular weight is 512 g/mol. The number of carboxylic acids is 1. The largest absolute Gasteiger partial charge is 0.475 e. The topological polar surface area (TPSA) is 96.8 Å². The number of fused-ring (bicyclic) bond motifs is 1. The van der Waals surface area contributed by atoms with Crippen LogP contribution < -0.4 is 5.32 Å². The number of hydrogen-bond acceptors (Lipinski definition) is 5. The highest BCUT2D eigenvalue weighted by molar-refractivity contribution is 8.18. The number of benzene rings is 2. The SMILES string of the molecule is O=C1NC(=Nc2cccc(Cl)c2Cl)S/C1=C\c1cn(Cc2ccc(C(=O)O)o2)c2ccccc12. The fourth-order valence-electron chi connectivity index (χ4n) is 3.58. The summed E-state index contributed by atoms with van der Waals surface area (Å²) in [5.74, 6) is -0.983. The molecular weight excluding hydrogens is 497 g/mol.